The summed E-state index contributed by atoms with van der Waals surface area (Å²) in [5, 5.41) is 3.19. The molecule has 1 aliphatic rings. The van der Waals surface area contributed by atoms with Gasteiger partial charge in [0.2, 0.25) is 0 Å². The van der Waals surface area contributed by atoms with E-state index in [4.69, 9.17) is 0 Å². The minimum Gasteiger partial charge on any atom is -0.381 e. The van der Waals surface area contributed by atoms with Gasteiger partial charge in [-0.1, -0.05) is 13.0 Å². The Morgan fingerprint density at radius 3 is 3.20 bits per heavy atom. The molecule has 0 saturated carbocycles. The van der Waals surface area contributed by atoms with E-state index >= 15 is 0 Å². The van der Waals surface area contributed by atoms with Gasteiger partial charge in [-0.3, -0.25) is 9.78 Å². The number of hydrogen-bond acceptors (Lipinski definition) is 3. The second-order valence-electron chi connectivity index (χ2n) is 5.16. The molecule has 4 heteroatoms. The first kappa shape index (κ1) is 14.6. The van der Waals surface area contributed by atoms with Gasteiger partial charge in [-0.25, -0.2) is 0 Å². The molecule has 1 aromatic rings. The molecule has 108 valence electrons. The smallest absolute Gasteiger partial charge is 0.272 e. The molecule has 0 spiro atoms. The molecule has 0 radical (unpaired) electrons. The number of hydrogen-bond donors (Lipinski definition) is 1. The van der Waals surface area contributed by atoms with Crippen molar-refractivity contribution in [1.29, 1.82) is 0 Å². The normalized spacial score (nSPS) is 18.6. The van der Waals surface area contributed by atoms with Crippen LogP contribution in [0.2, 0.25) is 0 Å². The molecule has 1 aliphatic heterocycles. The van der Waals surface area contributed by atoms with Crippen molar-refractivity contribution >= 4 is 11.6 Å². The predicted octanol–water partition coefficient (Wildman–Crippen LogP) is 3.08. The van der Waals surface area contributed by atoms with E-state index in [1.54, 1.807) is 12.3 Å². The van der Waals surface area contributed by atoms with Crippen LogP contribution in [0.15, 0.2) is 31.0 Å². The summed E-state index contributed by atoms with van der Waals surface area (Å²) >= 11 is 0. The van der Waals surface area contributed by atoms with Crippen LogP contribution in [0.25, 0.3) is 0 Å². The lowest BCUT2D eigenvalue weighted by atomic mass is 9.99. The van der Waals surface area contributed by atoms with Crippen LogP contribution in [0.4, 0.5) is 5.69 Å². The summed E-state index contributed by atoms with van der Waals surface area (Å²) in [6.45, 7) is 7.35. The highest BCUT2D eigenvalue weighted by Crippen LogP contribution is 2.22. The van der Waals surface area contributed by atoms with Crippen molar-refractivity contribution in [2.75, 3.05) is 18.4 Å². The first-order chi connectivity index (χ1) is 9.76. The summed E-state index contributed by atoms with van der Waals surface area (Å²) in [5.74, 6) is 0.0544. The van der Waals surface area contributed by atoms with Gasteiger partial charge in [0.1, 0.15) is 5.69 Å². The van der Waals surface area contributed by atoms with E-state index in [0.717, 1.165) is 31.5 Å². The fourth-order valence-corrected chi connectivity index (χ4v) is 2.69. The van der Waals surface area contributed by atoms with Crippen molar-refractivity contribution in [3.8, 4) is 0 Å². The molecule has 1 atom stereocenters. The van der Waals surface area contributed by atoms with Crippen LogP contribution in [0.3, 0.4) is 0 Å². The van der Waals surface area contributed by atoms with E-state index in [0.29, 0.717) is 18.3 Å². The van der Waals surface area contributed by atoms with Gasteiger partial charge in [0.25, 0.3) is 5.91 Å². The maximum atomic E-state index is 12.6. The van der Waals surface area contributed by atoms with Crippen LogP contribution in [0.5, 0.6) is 0 Å². The zero-order chi connectivity index (χ0) is 14.4. The van der Waals surface area contributed by atoms with Crippen LogP contribution in [-0.2, 0) is 0 Å². The van der Waals surface area contributed by atoms with E-state index in [2.05, 4.69) is 23.8 Å². The van der Waals surface area contributed by atoms with Gasteiger partial charge < -0.3 is 10.2 Å². The van der Waals surface area contributed by atoms with Crippen molar-refractivity contribution in [1.82, 2.24) is 9.88 Å². The summed E-state index contributed by atoms with van der Waals surface area (Å²) in [7, 11) is 0. The van der Waals surface area contributed by atoms with E-state index in [9.17, 15) is 4.79 Å². The van der Waals surface area contributed by atoms with Gasteiger partial charge in [-0.2, -0.15) is 0 Å². The van der Waals surface area contributed by atoms with E-state index in [-0.39, 0.29) is 5.91 Å². The van der Waals surface area contributed by atoms with Crippen LogP contribution >= 0.6 is 0 Å². The molecule has 1 aromatic heterocycles. The van der Waals surface area contributed by atoms with Gasteiger partial charge in [-0.05, 0) is 37.8 Å². The number of likely N-dealkylation sites (tertiary alicyclic amines) is 1. The molecule has 1 unspecified atom stereocenters. The molecule has 0 bridgehead atoms. The van der Waals surface area contributed by atoms with Gasteiger partial charge in [0, 0.05) is 31.0 Å². The largest absolute Gasteiger partial charge is 0.381 e. The average molecular weight is 273 g/mol. The molecule has 20 heavy (non-hydrogen) atoms. The SMILES string of the molecule is C=CCNc1ccnc(C(=O)N2CCCCC2CC)c1. The third kappa shape index (κ3) is 3.38. The summed E-state index contributed by atoms with van der Waals surface area (Å²) in [6.07, 6.45) is 7.91. The fraction of sp³-hybridized carbons (Fsp3) is 0.500. The molecule has 1 N–H and O–H groups in total. The molecular formula is C16H23N3O. The van der Waals surface area contributed by atoms with Gasteiger partial charge >= 0.3 is 0 Å². The summed E-state index contributed by atoms with van der Waals surface area (Å²) < 4.78 is 0. The van der Waals surface area contributed by atoms with Crippen LogP contribution < -0.4 is 5.32 Å². The Balaban J connectivity index is 2.13. The Morgan fingerprint density at radius 1 is 1.60 bits per heavy atom. The first-order valence-electron chi connectivity index (χ1n) is 7.38. The fourth-order valence-electron chi connectivity index (χ4n) is 2.69. The van der Waals surface area contributed by atoms with Gasteiger partial charge in [0.15, 0.2) is 0 Å². The summed E-state index contributed by atoms with van der Waals surface area (Å²) in [5.41, 5.74) is 1.44. The Kier molecular flexibility index (Phi) is 5.16. The molecule has 1 fully saturated rings. The van der Waals surface area contributed by atoms with Crippen molar-refractivity contribution in [3.05, 3.63) is 36.7 Å². The molecule has 4 nitrogen and oxygen atoms in total. The number of carbonyl (C=O) groups excluding carboxylic acids is 1. The summed E-state index contributed by atoms with van der Waals surface area (Å²) in [6, 6.07) is 4.06. The maximum absolute atomic E-state index is 12.6. The van der Waals surface area contributed by atoms with Crippen molar-refractivity contribution in [2.45, 2.75) is 38.6 Å². The number of nitrogens with one attached hydrogen (secondary N) is 1. The minimum absolute atomic E-state index is 0.0544. The zero-order valence-electron chi connectivity index (χ0n) is 12.1. The van der Waals surface area contributed by atoms with Gasteiger partial charge in [0.05, 0.1) is 0 Å². The minimum atomic E-state index is 0.0544. The Labute approximate surface area is 120 Å². The van der Waals surface area contributed by atoms with Gasteiger partial charge in [-0.15, -0.1) is 6.58 Å². The van der Waals surface area contributed by atoms with E-state index < -0.39 is 0 Å². The molecule has 1 amide bonds. The number of pyridine rings is 1. The van der Waals surface area contributed by atoms with Crippen molar-refractivity contribution in [3.63, 3.8) is 0 Å². The lowest BCUT2D eigenvalue weighted by Gasteiger charge is -2.35. The number of amides is 1. The quantitative estimate of drug-likeness (QED) is 0.839. The first-order valence-corrected chi connectivity index (χ1v) is 7.38. The zero-order valence-corrected chi connectivity index (χ0v) is 12.1. The standard InChI is InChI=1S/C16H23N3O/c1-3-9-17-13-8-10-18-15(12-13)16(20)19-11-6-5-7-14(19)4-2/h3,8,10,12,14H,1,4-7,9,11H2,2H3,(H,17,18). The highest BCUT2D eigenvalue weighted by atomic mass is 16.2. The maximum Gasteiger partial charge on any atom is 0.272 e. The Hall–Kier alpha value is -1.84. The molecule has 0 aromatic carbocycles. The highest BCUT2D eigenvalue weighted by molar-refractivity contribution is 5.93. The molecular weight excluding hydrogens is 250 g/mol. The number of piperidine rings is 1. The number of nitrogens with zero attached hydrogens (tertiary/aromatic N) is 2. The monoisotopic (exact) mass is 273 g/mol. The second kappa shape index (κ2) is 7.08. The Morgan fingerprint density at radius 2 is 2.45 bits per heavy atom. The topological polar surface area (TPSA) is 45.2 Å². The van der Waals surface area contributed by atoms with E-state index in [1.165, 1.54) is 6.42 Å². The second-order valence-corrected chi connectivity index (χ2v) is 5.16. The molecule has 0 aliphatic carbocycles. The van der Waals surface area contributed by atoms with Crippen molar-refractivity contribution < 1.29 is 4.79 Å². The number of aromatic nitrogens is 1. The Bertz CT molecular complexity index is 473. The van der Waals surface area contributed by atoms with E-state index in [1.807, 2.05) is 17.0 Å². The number of rotatable bonds is 5. The van der Waals surface area contributed by atoms with Crippen molar-refractivity contribution in [2.24, 2.45) is 0 Å². The lowest BCUT2D eigenvalue weighted by molar-refractivity contribution is 0.0602. The van der Waals surface area contributed by atoms with Crippen LogP contribution in [0, 0.1) is 0 Å². The number of anilines is 1. The summed E-state index contributed by atoms with van der Waals surface area (Å²) in [4.78, 5) is 18.8. The number of carbonyl (C=O) groups is 1. The third-order valence-corrected chi connectivity index (χ3v) is 3.79. The van der Waals surface area contributed by atoms with Crippen LogP contribution in [0.1, 0.15) is 43.1 Å². The van der Waals surface area contributed by atoms with Crippen LogP contribution in [-0.4, -0.2) is 34.9 Å². The average Bonchev–Trinajstić information content (AvgIpc) is 2.52. The predicted molar refractivity (Wildman–Crippen MR) is 81.9 cm³/mol. The lowest BCUT2D eigenvalue weighted by Crippen LogP contribution is -2.43. The molecule has 2 heterocycles. The molecule has 1 saturated heterocycles. The third-order valence-electron chi connectivity index (χ3n) is 3.79. The highest BCUT2D eigenvalue weighted by Gasteiger charge is 2.26. The molecule has 2 rings (SSSR count).